The lowest BCUT2D eigenvalue weighted by molar-refractivity contribution is -0.137. The van der Waals surface area contributed by atoms with Gasteiger partial charge in [0.1, 0.15) is 0 Å². The van der Waals surface area contributed by atoms with E-state index < -0.39 is 22.1 Å². The predicted molar refractivity (Wildman–Crippen MR) is 65.1 cm³/mol. The van der Waals surface area contributed by atoms with Gasteiger partial charge >= 0.3 is 5.97 Å². The van der Waals surface area contributed by atoms with E-state index in [1.807, 2.05) is 0 Å². The van der Waals surface area contributed by atoms with Crippen LogP contribution in [0.4, 0.5) is 0 Å². The number of hydrogen-bond donors (Lipinski definition) is 2. The largest absolute Gasteiger partial charge is 0.481 e. The van der Waals surface area contributed by atoms with E-state index in [2.05, 4.69) is 5.32 Å². The molecule has 9 heteroatoms. The highest BCUT2D eigenvalue weighted by molar-refractivity contribution is 7.86. The van der Waals surface area contributed by atoms with E-state index in [0.717, 1.165) is 8.61 Å². The molecule has 0 bridgehead atoms. The number of likely N-dealkylation sites (N-methyl/N-ethyl adjacent to an activating group) is 2. The second-order valence-electron chi connectivity index (χ2n) is 3.57. The van der Waals surface area contributed by atoms with Crippen LogP contribution in [0.5, 0.6) is 0 Å². The first-order chi connectivity index (χ1) is 8.25. The zero-order valence-corrected chi connectivity index (χ0v) is 11.5. The van der Waals surface area contributed by atoms with Crippen LogP contribution in [0.2, 0.25) is 0 Å². The second kappa shape index (κ2) is 7.29. The summed E-state index contributed by atoms with van der Waals surface area (Å²) < 4.78 is 25.9. The van der Waals surface area contributed by atoms with Crippen molar-refractivity contribution in [2.45, 2.75) is 13.3 Å². The van der Waals surface area contributed by atoms with Gasteiger partial charge in [0.2, 0.25) is 5.91 Å². The lowest BCUT2D eigenvalue weighted by Gasteiger charge is -2.25. The normalized spacial score (nSPS) is 11.8. The average molecular weight is 281 g/mol. The van der Waals surface area contributed by atoms with E-state index >= 15 is 0 Å². The molecule has 18 heavy (non-hydrogen) atoms. The van der Waals surface area contributed by atoms with Gasteiger partial charge in [-0.2, -0.15) is 17.0 Å². The number of rotatable bonds is 8. The average Bonchev–Trinajstić information content (AvgIpc) is 2.31. The summed E-state index contributed by atoms with van der Waals surface area (Å²) in [5, 5.41) is 10.8. The quantitative estimate of drug-likeness (QED) is 0.575. The van der Waals surface area contributed by atoms with Gasteiger partial charge in [-0.25, -0.2) is 0 Å². The van der Waals surface area contributed by atoms with Gasteiger partial charge in [0, 0.05) is 27.2 Å². The summed E-state index contributed by atoms with van der Waals surface area (Å²) in [6.07, 6.45) is -0.284. The summed E-state index contributed by atoms with van der Waals surface area (Å²) in [7, 11) is -1.11. The molecule has 0 aliphatic rings. The number of carbonyl (C=O) groups is 2. The number of carboxylic acids is 1. The first kappa shape index (κ1) is 16.8. The zero-order valence-electron chi connectivity index (χ0n) is 10.7. The molecule has 0 aliphatic heterocycles. The summed E-state index contributed by atoms with van der Waals surface area (Å²) >= 11 is 0. The molecule has 106 valence electrons. The van der Waals surface area contributed by atoms with E-state index in [-0.39, 0.29) is 26.1 Å². The van der Waals surface area contributed by atoms with Crippen molar-refractivity contribution in [3.8, 4) is 0 Å². The number of aliphatic carboxylic acids is 1. The molecule has 0 aromatic rings. The third-order valence-electron chi connectivity index (χ3n) is 2.31. The maximum atomic E-state index is 12.0. The second-order valence-corrected chi connectivity index (χ2v) is 5.61. The number of nitrogens with one attached hydrogen (secondary N) is 1. The molecule has 0 rings (SSSR count). The van der Waals surface area contributed by atoms with Crippen LogP contribution in [-0.2, 0) is 19.8 Å². The Morgan fingerprint density at radius 1 is 1.33 bits per heavy atom. The first-order valence-electron chi connectivity index (χ1n) is 5.39. The lowest BCUT2D eigenvalue weighted by atomic mass is 10.4. The Hall–Kier alpha value is -1.19. The fourth-order valence-corrected chi connectivity index (χ4v) is 2.48. The Labute approximate surface area is 107 Å². The fourth-order valence-electron chi connectivity index (χ4n) is 1.16. The van der Waals surface area contributed by atoms with Crippen molar-refractivity contribution in [1.29, 1.82) is 0 Å². The van der Waals surface area contributed by atoms with Gasteiger partial charge in [0.15, 0.2) is 0 Å². The van der Waals surface area contributed by atoms with E-state index in [1.54, 1.807) is 6.92 Å². The van der Waals surface area contributed by atoms with Crippen LogP contribution in [0.1, 0.15) is 13.3 Å². The lowest BCUT2D eigenvalue weighted by Crippen LogP contribution is -2.46. The van der Waals surface area contributed by atoms with Crippen molar-refractivity contribution in [1.82, 2.24) is 13.9 Å². The zero-order chi connectivity index (χ0) is 14.3. The van der Waals surface area contributed by atoms with Crippen molar-refractivity contribution >= 4 is 22.1 Å². The Balaban J connectivity index is 4.74. The topological polar surface area (TPSA) is 107 Å². The number of amides is 1. The number of carboxylic acid groups (broad SMARTS) is 1. The SMILES string of the molecule is CCN(CC(=O)NC)S(=O)(=O)N(C)CCC(=O)O. The van der Waals surface area contributed by atoms with E-state index in [1.165, 1.54) is 14.1 Å². The molecule has 2 N–H and O–H groups in total. The van der Waals surface area contributed by atoms with E-state index in [0.29, 0.717) is 0 Å². The molecule has 0 saturated heterocycles. The minimum Gasteiger partial charge on any atom is -0.481 e. The summed E-state index contributed by atoms with van der Waals surface area (Å²) in [6, 6.07) is 0. The number of carbonyl (C=O) groups excluding carboxylic acids is 1. The molecule has 1 amide bonds. The molecule has 0 unspecified atom stereocenters. The third-order valence-corrected chi connectivity index (χ3v) is 4.32. The molecular weight excluding hydrogens is 262 g/mol. The van der Waals surface area contributed by atoms with E-state index in [4.69, 9.17) is 5.11 Å². The molecule has 0 spiro atoms. The maximum absolute atomic E-state index is 12.0. The summed E-state index contributed by atoms with van der Waals surface area (Å²) in [5.41, 5.74) is 0. The Morgan fingerprint density at radius 2 is 1.89 bits per heavy atom. The van der Waals surface area contributed by atoms with Gasteiger partial charge in [-0.15, -0.1) is 0 Å². The Bertz CT molecular complexity index is 395. The molecule has 0 aliphatic carbocycles. The van der Waals surface area contributed by atoms with Gasteiger partial charge in [0.05, 0.1) is 13.0 Å². The molecule has 0 fully saturated rings. The highest BCUT2D eigenvalue weighted by atomic mass is 32.2. The van der Waals surface area contributed by atoms with Gasteiger partial charge in [-0.1, -0.05) is 6.92 Å². The third kappa shape index (κ3) is 4.98. The minimum absolute atomic E-state index is 0.132. The van der Waals surface area contributed by atoms with Crippen LogP contribution in [-0.4, -0.2) is 67.7 Å². The molecular formula is C9H19N3O5S. The molecule has 0 radical (unpaired) electrons. The molecule has 0 aromatic heterocycles. The van der Waals surface area contributed by atoms with Crippen LogP contribution >= 0.6 is 0 Å². The highest BCUT2D eigenvalue weighted by Gasteiger charge is 2.27. The maximum Gasteiger partial charge on any atom is 0.304 e. The molecule has 8 nitrogen and oxygen atoms in total. The van der Waals surface area contributed by atoms with Crippen LogP contribution in [0.15, 0.2) is 0 Å². The number of nitrogens with zero attached hydrogens (tertiary/aromatic N) is 2. The fraction of sp³-hybridized carbons (Fsp3) is 0.778. The molecule has 0 heterocycles. The first-order valence-corrected chi connectivity index (χ1v) is 6.79. The van der Waals surface area contributed by atoms with Gasteiger partial charge < -0.3 is 10.4 Å². The van der Waals surface area contributed by atoms with Crippen molar-refractivity contribution < 1.29 is 23.1 Å². The van der Waals surface area contributed by atoms with Crippen molar-refractivity contribution in [2.24, 2.45) is 0 Å². The van der Waals surface area contributed by atoms with Crippen LogP contribution in [0.3, 0.4) is 0 Å². The minimum atomic E-state index is -3.81. The van der Waals surface area contributed by atoms with Crippen LogP contribution < -0.4 is 5.32 Å². The predicted octanol–water partition coefficient (Wildman–Crippen LogP) is -1.29. The summed E-state index contributed by atoms with van der Waals surface area (Å²) in [5.74, 6) is -1.50. The van der Waals surface area contributed by atoms with Crippen LogP contribution in [0.25, 0.3) is 0 Å². The van der Waals surface area contributed by atoms with Gasteiger partial charge in [-0.3, -0.25) is 9.59 Å². The number of hydrogen-bond acceptors (Lipinski definition) is 4. The molecule has 0 saturated carbocycles. The molecule has 0 atom stereocenters. The smallest absolute Gasteiger partial charge is 0.304 e. The van der Waals surface area contributed by atoms with E-state index in [9.17, 15) is 18.0 Å². The monoisotopic (exact) mass is 281 g/mol. The Morgan fingerprint density at radius 3 is 2.28 bits per heavy atom. The molecule has 0 aromatic carbocycles. The highest BCUT2D eigenvalue weighted by Crippen LogP contribution is 2.06. The van der Waals surface area contributed by atoms with Crippen molar-refractivity contribution in [3.63, 3.8) is 0 Å². The van der Waals surface area contributed by atoms with Crippen molar-refractivity contribution in [3.05, 3.63) is 0 Å². The Kier molecular flexibility index (Phi) is 6.81. The van der Waals surface area contributed by atoms with Crippen LogP contribution in [0, 0.1) is 0 Å². The van der Waals surface area contributed by atoms with Gasteiger partial charge in [-0.05, 0) is 0 Å². The summed E-state index contributed by atoms with van der Waals surface area (Å²) in [4.78, 5) is 21.6. The summed E-state index contributed by atoms with van der Waals surface area (Å²) in [6.45, 7) is 1.31. The van der Waals surface area contributed by atoms with Crippen molar-refractivity contribution in [2.75, 3.05) is 33.7 Å². The van der Waals surface area contributed by atoms with Gasteiger partial charge in [0.25, 0.3) is 10.2 Å². The standard InChI is InChI=1S/C9H19N3O5S/c1-4-12(7-8(13)10-2)18(16,17)11(3)6-5-9(14)15/h4-7H2,1-3H3,(H,10,13)(H,14,15).